The molecule has 3 heterocycles. The fourth-order valence-electron chi connectivity index (χ4n) is 3.07. The second kappa shape index (κ2) is 5.76. The Bertz CT molecular complexity index is 705. The van der Waals surface area contributed by atoms with Crippen LogP contribution < -0.4 is 0 Å². The van der Waals surface area contributed by atoms with E-state index >= 15 is 0 Å². The summed E-state index contributed by atoms with van der Waals surface area (Å²) in [6.45, 7) is 4.75. The molecule has 1 atom stereocenters. The molecule has 22 heavy (non-hydrogen) atoms. The monoisotopic (exact) mass is 321 g/mol. The van der Waals surface area contributed by atoms with E-state index in [0.717, 1.165) is 36.3 Å². The molecule has 6 nitrogen and oxygen atoms in total. The van der Waals surface area contributed by atoms with Crippen molar-refractivity contribution in [2.45, 2.75) is 39.3 Å². The number of rotatable bonds is 3. The lowest BCUT2D eigenvalue weighted by molar-refractivity contribution is -0.133. The highest BCUT2D eigenvalue weighted by atomic mass is 35.5. The molecule has 1 aliphatic rings. The van der Waals surface area contributed by atoms with Gasteiger partial charge in [0.2, 0.25) is 5.91 Å². The highest BCUT2D eigenvalue weighted by Crippen LogP contribution is 2.32. The lowest BCUT2D eigenvalue weighted by atomic mass is 10.1. The zero-order valence-corrected chi connectivity index (χ0v) is 13.8. The first-order valence-electron chi connectivity index (χ1n) is 7.45. The van der Waals surface area contributed by atoms with E-state index in [0.29, 0.717) is 5.02 Å². The average molecular weight is 322 g/mol. The quantitative estimate of drug-likeness (QED) is 0.871. The second-order valence-corrected chi connectivity index (χ2v) is 6.21. The van der Waals surface area contributed by atoms with Crippen LogP contribution in [0.4, 0.5) is 0 Å². The average Bonchev–Trinajstić information content (AvgIpc) is 3.16. The van der Waals surface area contributed by atoms with Gasteiger partial charge in [-0.1, -0.05) is 11.6 Å². The molecule has 0 bridgehead atoms. The van der Waals surface area contributed by atoms with Crippen molar-refractivity contribution >= 4 is 17.5 Å². The number of amides is 1. The minimum Gasteiger partial charge on any atom is -0.334 e. The third-order valence-corrected chi connectivity index (χ3v) is 4.81. The summed E-state index contributed by atoms with van der Waals surface area (Å²) in [4.78, 5) is 14.6. The van der Waals surface area contributed by atoms with Gasteiger partial charge in [0.15, 0.2) is 0 Å². The maximum absolute atomic E-state index is 12.7. The molecule has 0 saturated carbocycles. The SMILES string of the molecule is Cc1nn(CC(=O)N2CCC[C@H]2c2cnn(C)c2)c(C)c1Cl. The van der Waals surface area contributed by atoms with Crippen molar-refractivity contribution < 1.29 is 4.79 Å². The van der Waals surface area contributed by atoms with E-state index in [1.165, 1.54) is 0 Å². The Morgan fingerprint density at radius 2 is 2.23 bits per heavy atom. The Balaban J connectivity index is 1.77. The molecule has 2 aromatic heterocycles. The first kappa shape index (κ1) is 15.1. The number of carbonyl (C=O) groups excluding carboxylic acids is 1. The van der Waals surface area contributed by atoms with Crippen molar-refractivity contribution in [3.8, 4) is 0 Å². The van der Waals surface area contributed by atoms with Gasteiger partial charge >= 0.3 is 0 Å². The van der Waals surface area contributed by atoms with Crippen LogP contribution in [0.15, 0.2) is 12.4 Å². The Labute approximate surface area is 134 Å². The third kappa shape index (κ3) is 2.63. The number of likely N-dealkylation sites (tertiary alicyclic amines) is 1. The number of halogens is 1. The minimum absolute atomic E-state index is 0.0774. The van der Waals surface area contributed by atoms with Gasteiger partial charge in [-0.15, -0.1) is 0 Å². The summed E-state index contributed by atoms with van der Waals surface area (Å²) in [5.74, 6) is 0.0774. The largest absolute Gasteiger partial charge is 0.334 e. The van der Waals surface area contributed by atoms with Gasteiger partial charge in [-0.05, 0) is 26.7 Å². The summed E-state index contributed by atoms with van der Waals surface area (Å²) in [5, 5.41) is 9.19. The number of hydrogen-bond acceptors (Lipinski definition) is 3. The summed E-state index contributed by atoms with van der Waals surface area (Å²) < 4.78 is 3.47. The van der Waals surface area contributed by atoms with Crippen LogP contribution in [0.2, 0.25) is 5.02 Å². The number of aryl methyl sites for hydroxylation is 2. The van der Waals surface area contributed by atoms with Crippen molar-refractivity contribution in [2.75, 3.05) is 6.54 Å². The van der Waals surface area contributed by atoms with Crippen molar-refractivity contribution in [1.29, 1.82) is 0 Å². The summed E-state index contributed by atoms with van der Waals surface area (Å²) in [5.41, 5.74) is 2.70. The fraction of sp³-hybridized carbons (Fsp3) is 0.533. The summed E-state index contributed by atoms with van der Waals surface area (Å²) >= 11 is 6.15. The molecule has 3 rings (SSSR count). The Morgan fingerprint density at radius 3 is 2.82 bits per heavy atom. The lowest BCUT2D eigenvalue weighted by Crippen LogP contribution is -2.33. The molecule has 0 aromatic carbocycles. The van der Waals surface area contributed by atoms with Crippen LogP contribution in [-0.2, 0) is 18.4 Å². The molecule has 0 aliphatic carbocycles. The predicted octanol–water partition coefficient (Wildman–Crippen LogP) is 2.25. The van der Waals surface area contributed by atoms with E-state index in [1.54, 1.807) is 9.36 Å². The van der Waals surface area contributed by atoms with Crippen LogP contribution in [0, 0.1) is 13.8 Å². The van der Waals surface area contributed by atoms with Crippen LogP contribution in [0.1, 0.15) is 35.8 Å². The summed E-state index contributed by atoms with van der Waals surface area (Å²) in [6, 6.07) is 0.119. The zero-order valence-electron chi connectivity index (χ0n) is 13.1. The van der Waals surface area contributed by atoms with Crippen LogP contribution in [0.25, 0.3) is 0 Å². The molecule has 1 amide bonds. The minimum atomic E-state index is 0.0774. The van der Waals surface area contributed by atoms with Gasteiger partial charge in [-0.2, -0.15) is 10.2 Å². The number of nitrogens with zero attached hydrogens (tertiary/aromatic N) is 5. The Hall–Kier alpha value is -1.82. The van der Waals surface area contributed by atoms with Crippen LogP contribution in [0.3, 0.4) is 0 Å². The highest BCUT2D eigenvalue weighted by Gasteiger charge is 2.31. The molecule has 1 fully saturated rings. The molecule has 2 aromatic rings. The zero-order chi connectivity index (χ0) is 15.9. The molecule has 1 saturated heterocycles. The van der Waals surface area contributed by atoms with Crippen LogP contribution in [0.5, 0.6) is 0 Å². The molecule has 0 radical (unpaired) electrons. The normalized spacial score (nSPS) is 18.2. The van der Waals surface area contributed by atoms with E-state index in [4.69, 9.17) is 11.6 Å². The smallest absolute Gasteiger partial charge is 0.244 e. The van der Waals surface area contributed by atoms with E-state index in [1.807, 2.05) is 38.2 Å². The van der Waals surface area contributed by atoms with Gasteiger partial charge < -0.3 is 4.90 Å². The maximum atomic E-state index is 12.7. The van der Waals surface area contributed by atoms with E-state index < -0.39 is 0 Å². The number of aromatic nitrogens is 4. The molecular weight excluding hydrogens is 302 g/mol. The summed E-state index contributed by atoms with van der Waals surface area (Å²) in [7, 11) is 1.89. The van der Waals surface area contributed by atoms with Gasteiger partial charge in [0.25, 0.3) is 0 Å². The maximum Gasteiger partial charge on any atom is 0.244 e. The van der Waals surface area contributed by atoms with Gasteiger partial charge in [0.1, 0.15) is 6.54 Å². The molecule has 118 valence electrons. The van der Waals surface area contributed by atoms with Gasteiger partial charge in [0, 0.05) is 25.4 Å². The summed E-state index contributed by atoms with van der Waals surface area (Å²) in [6.07, 6.45) is 5.82. The van der Waals surface area contributed by atoms with Gasteiger partial charge in [-0.3, -0.25) is 14.2 Å². The van der Waals surface area contributed by atoms with E-state index in [9.17, 15) is 4.79 Å². The Kier molecular flexibility index (Phi) is 3.95. The van der Waals surface area contributed by atoms with Gasteiger partial charge in [0.05, 0.1) is 28.6 Å². The molecule has 0 spiro atoms. The first-order valence-corrected chi connectivity index (χ1v) is 7.82. The molecule has 1 aliphatic heterocycles. The second-order valence-electron chi connectivity index (χ2n) is 5.83. The molecular formula is C15H20ClN5O. The van der Waals surface area contributed by atoms with Crippen molar-refractivity contribution in [3.63, 3.8) is 0 Å². The number of hydrogen-bond donors (Lipinski definition) is 0. The van der Waals surface area contributed by atoms with Crippen molar-refractivity contribution in [1.82, 2.24) is 24.5 Å². The number of carbonyl (C=O) groups is 1. The standard InChI is InChI=1S/C15H20ClN5O/c1-10-15(16)11(2)21(18-10)9-14(22)20-6-4-5-13(20)12-7-17-19(3)8-12/h7-8,13H,4-6,9H2,1-3H3/t13-/m0/s1. The van der Waals surface area contributed by atoms with Crippen molar-refractivity contribution in [3.05, 3.63) is 34.4 Å². The van der Waals surface area contributed by atoms with Crippen LogP contribution in [-0.4, -0.2) is 36.9 Å². The molecule has 0 N–H and O–H groups in total. The molecule has 7 heteroatoms. The van der Waals surface area contributed by atoms with Crippen molar-refractivity contribution in [2.24, 2.45) is 7.05 Å². The fourth-order valence-corrected chi connectivity index (χ4v) is 3.21. The lowest BCUT2D eigenvalue weighted by Gasteiger charge is -2.24. The van der Waals surface area contributed by atoms with Gasteiger partial charge in [-0.25, -0.2) is 0 Å². The topological polar surface area (TPSA) is 56.0 Å². The first-order chi connectivity index (χ1) is 10.5. The van der Waals surface area contributed by atoms with E-state index in [-0.39, 0.29) is 18.5 Å². The van der Waals surface area contributed by atoms with E-state index in [2.05, 4.69) is 10.2 Å². The Morgan fingerprint density at radius 1 is 1.45 bits per heavy atom. The predicted molar refractivity (Wildman–Crippen MR) is 83.6 cm³/mol. The molecule has 0 unspecified atom stereocenters. The third-order valence-electron chi connectivity index (χ3n) is 4.26. The van der Waals surface area contributed by atoms with Crippen LogP contribution >= 0.6 is 11.6 Å². The highest BCUT2D eigenvalue weighted by molar-refractivity contribution is 6.31.